The molecule has 1 N–H and O–H groups in total. The number of imidazole rings is 1. The van der Waals surface area contributed by atoms with Crippen LogP contribution in [0.25, 0.3) is 16.9 Å². The fraction of sp³-hybridized carbons (Fsp3) is 0.176. The van der Waals surface area contributed by atoms with Gasteiger partial charge in [0.05, 0.1) is 11.4 Å². The van der Waals surface area contributed by atoms with E-state index in [0.29, 0.717) is 6.42 Å². The first-order valence-electron chi connectivity index (χ1n) is 7.11. The van der Waals surface area contributed by atoms with Crippen molar-refractivity contribution in [2.75, 3.05) is 5.32 Å². The lowest BCUT2D eigenvalue weighted by Gasteiger charge is -2.08. The maximum absolute atomic E-state index is 11.8. The van der Waals surface area contributed by atoms with Gasteiger partial charge in [0.2, 0.25) is 5.91 Å². The average molecular weight is 279 g/mol. The fourth-order valence-electron chi connectivity index (χ4n) is 2.32. The molecule has 106 valence electrons. The van der Waals surface area contributed by atoms with Crippen LogP contribution in [0, 0.1) is 0 Å². The summed E-state index contributed by atoms with van der Waals surface area (Å²) in [6, 6.07) is 13.6. The highest BCUT2D eigenvalue weighted by Crippen LogP contribution is 2.27. The van der Waals surface area contributed by atoms with Crippen LogP contribution in [0.1, 0.15) is 19.8 Å². The summed E-state index contributed by atoms with van der Waals surface area (Å²) >= 11 is 0. The number of carbonyl (C=O) groups is 1. The third-order valence-electron chi connectivity index (χ3n) is 3.32. The largest absolute Gasteiger partial charge is 0.325 e. The maximum atomic E-state index is 11.8. The Morgan fingerprint density at radius 1 is 1.19 bits per heavy atom. The second-order valence-corrected chi connectivity index (χ2v) is 4.94. The summed E-state index contributed by atoms with van der Waals surface area (Å²) in [5.41, 5.74) is 3.49. The van der Waals surface area contributed by atoms with Crippen LogP contribution in [0.15, 0.2) is 54.9 Å². The highest BCUT2D eigenvalue weighted by Gasteiger charge is 2.10. The van der Waals surface area contributed by atoms with Gasteiger partial charge >= 0.3 is 0 Å². The minimum Gasteiger partial charge on any atom is -0.325 e. The number of nitrogens with one attached hydrogen (secondary N) is 1. The van der Waals surface area contributed by atoms with Gasteiger partial charge in [-0.2, -0.15) is 0 Å². The van der Waals surface area contributed by atoms with Crippen LogP contribution in [0.4, 0.5) is 5.69 Å². The van der Waals surface area contributed by atoms with Crippen LogP contribution in [-0.4, -0.2) is 15.3 Å². The lowest BCUT2D eigenvalue weighted by molar-refractivity contribution is -0.116. The molecular formula is C17H17N3O. The van der Waals surface area contributed by atoms with E-state index >= 15 is 0 Å². The number of para-hydroxylation sites is 1. The molecule has 0 saturated heterocycles. The third kappa shape index (κ3) is 2.79. The number of aromatic nitrogens is 2. The van der Waals surface area contributed by atoms with E-state index in [4.69, 9.17) is 0 Å². The summed E-state index contributed by atoms with van der Waals surface area (Å²) in [4.78, 5) is 16.4. The molecule has 0 radical (unpaired) electrons. The highest BCUT2D eigenvalue weighted by molar-refractivity contribution is 5.95. The zero-order chi connectivity index (χ0) is 14.7. The molecule has 2 heterocycles. The Hall–Kier alpha value is -2.62. The zero-order valence-electron chi connectivity index (χ0n) is 11.9. The molecule has 0 aliphatic rings. The summed E-state index contributed by atoms with van der Waals surface area (Å²) in [6.07, 6.45) is 5.30. The van der Waals surface area contributed by atoms with E-state index in [-0.39, 0.29) is 5.91 Å². The normalized spacial score (nSPS) is 10.7. The molecule has 0 atom stereocenters. The predicted octanol–water partition coefficient (Wildman–Crippen LogP) is 3.74. The molecule has 0 unspecified atom stereocenters. The molecule has 0 fully saturated rings. The number of amides is 1. The summed E-state index contributed by atoms with van der Waals surface area (Å²) < 4.78 is 1.97. The van der Waals surface area contributed by atoms with Crippen LogP contribution in [0.5, 0.6) is 0 Å². The van der Waals surface area contributed by atoms with Gasteiger partial charge in [0, 0.05) is 24.4 Å². The summed E-state index contributed by atoms with van der Waals surface area (Å²) in [5, 5.41) is 2.97. The van der Waals surface area contributed by atoms with Crippen LogP contribution in [-0.2, 0) is 4.79 Å². The van der Waals surface area contributed by atoms with Gasteiger partial charge in [-0.3, -0.25) is 4.79 Å². The van der Waals surface area contributed by atoms with Crippen molar-refractivity contribution in [3.05, 3.63) is 54.9 Å². The average Bonchev–Trinajstić information content (AvgIpc) is 2.91. The van der Waals surface area contributed by atoms with Crippen molar-refractivity contribution in [1.82, 2.24) is 9.38 Å². The molecule has 3 rings (SSSR count). The highest BCUT2D eigenvalue weighted by atomic mass is 16.1. The summed E-state index contributed by atoms with van der Waals surface area (Å²) in [5.74, 6) is 0.0358. The second-order valence-electron chi connectivity index (χ2n) is 4.94. The Morgan fingerprint density at radius 3 is 2.81 bits per heavy atom. The minimum atomic E-state index is 0.0358. The molecule has 4 nitrogen and oxygen atoms in total. The molecule has 0 spiro atoms. The van der Waals surface area contributed by atoms with E-state index in [9.17, 15) is 4.79 Å². The Bertz CT molecular complexity index is 743. The topological polar surface area (TPSA) is 46.4 Å². The van der Waals surface area contributed by atoms with E-state index in [1.165, 1.54) is 0 Å². The van der Waals surface area contributed by atoms with E-state index in [1.54, 1.807) is 0 Å². The minimum absolute atomic E-state index is 0.0358. The number of hydrogen-bond acceptors (Lipinski definition) is 2. The molecule has 1 amide bonds. The first-order valence-corrected chi connectivity index (χ1v) is 7.11. The smallest absolute Gasteiger partial charge is 0.224 e. The standard InChI is InChI=1S/C17H17N3O/c1-2-7-17(21)19-14-9-4-3-8-13(14)15-12-20-11-6-5-10-16(20)18-15/h3-6,8-12H,2,7H2,1H3,(H,19,21). The van der Waals surface area contributed by atoms with Gasteiger partial charge in [0.1, 0.15) is 5.65 Å². The van der Waals surface area contributed by atoms with Crippen molar-refractivity contribution >= 4 is 17.2 Å². The lowest BCUT2D eigenvalue weighted by atomic mass is 10.1. The van der Waals surface area contributed by atoms with Gasteiger partial charge in [-0.25, -0.2) is 4.98 Å². The van der Waals surface area contributed by atoms with Gasteiger partial charge in [0.15, 0.2) is 0 Å². The van der Waals surface area contributed by atoms with Crippen molar-refractivity contribution in [1.29, 1.82) is 0 Å². The van der Waals surface area contributed by atoms with Crippen molar-refractivity contribution in [3.8, 4) is 11.3 Å². The van der Waals surface area contributed by atoms with Gasteiger partial charge in [0.25, 0.3) is 0 Å². The SMILES string of the molecule is CCCC(=O)Nc1ccccc1-c1cn2ccccc2n1. The molecule has 4 heteroatoms. The fourth-order valence-corrected chi connectivity index (χ4v) is 2.32. The van der Waals surface area contributed by atoms with Gasteiger partial charge in [-0.15, -0.1) is 0 Å². The number of benzene rings is 1. The summed E-state index contributed by atoms with van der Waals surface area (Å²) in [7, 11) is 0. The number of carbonyl (C=O) groups excluding carboxylic acids is 1. The molecule has 0 bridgehead atoms. The molecule has 0 aliphatic carbocycles. The Morgan fingerprint density at radius 2 is 2.00 bits per heavy atom. The number of anilines is 1. The Kier molecular flexibility index (Phi) is 3.69. The molecule has 0 aliphatic heterocycles. The number of fused-ring (bicyclic) bond motifs is 1. The van der Waals surface area contributed by atoms with Crippen LogP contribution in [0.3, 0.4) is 0 Å². The monoisotopic (exact) mass is 279 g/mol. The van der Waals surface area contributed by atoms with E-state index in [0.717, 1.165) is 29.0 Å². The first-order chi connectivity index (χ1) is 10.3. The molecule has 1 aromatic carbocycles. The first kappa shape index (κ1) is 13.4. The molecule has 2 aromatic heterocycles. The lowest BCUT2D eigenvalue weighted by Crippen LogP contribution is -2.11. The third-order valence-corrected chi connectivity index (χ3v) is 3.32. The van der Waals surface area contributed by atoms with Crippen LogP contribution in [0.2, 0.25) is 0 Å². The molecule has 0 saturated carbocycles. The Labute approximate surface area is 123 Å². The number of hydrogen-bond donors (Lipinski definition) is 1. The van der Waals surface area contributed by atoms with Gasteiger partial charge in [-0.05, 0) is 24.6 Å². The van der Waals surface area contributed by atoms with E-state index < -0.39 is 0 Å². The molecular weight excluding hydrogens is 262 g/mol. The number of rotatable bonds is 4. The maximum Gasteiger partial charge on any atom is 0.224 e. The van der Waals surface area contributed by atoms with Gasteiger partial charge < -0.3 is 9.72 Å². The predicted molar refractivity (Wildman–Crippen MR) is 84.2 cm³/mol. The quantitative estimate of drug-likeness (QED) is 0.790. The van der Waals surface area contributed by atoms with Crippen molar-refractivity contribution in [3.63, 3.8) is 0 Å². The van der Waals surface area contributed by atoms with E-state index in [1.807, 2.05) is 66.2 Å². The van der Waals surface area contributed by atoms with Crippen molar-refractivity contribution < 1.29 is 4.79 Å². The Balaban J connectivity index is 1.99. The van der Waals surface area contributed by atoms with Crippen LogP contribution < -0.4 is 5.32 Å². The van der Waals surface area contributed by atoms with Crippen molar-refractivity contribution in [2.45, 2.75) is 19.8 Å². The number of pyridine rings is 1. The van der Waals surface area contributed by atoms with Gasteiger partial charge in [-0.1, -0.05) is 31.2 Å². The van der Waals surface area contributed by atoms with Crippen molar-refractivity contribution in [2.24, 2.45) is 0 Å². The zero-order valence-corrected chi connectivity index (χ0v) is 11.9. The van der Waals surface area contributed by atoms with E-state index in [2.05, 4.69) is 10.3 Å². The molecule has 21 heavy (non-hydrogen) atoms. The second kappa shape index (κ2) is 5.79. The molecule has 3 aromatic rings. The number of nitrogens with zero attached hydrogens (tertiary/aromatic N) is 2. The van der Waals surface area contributed by atoms with Crippen LogP contribution >= 0.6 is 0 Å². The summed E-state index contributed by atoms with van der Waals surface area (Å²) in [6.45, 7) is 1.99.